The van der Waals surface area contributed by atoms with Crippen LogP contribution in [0.4, 0.5) is 0 Å². The first-order chi connectivity index (χ1) is 8.18. The fraction of sp³-hybridized carbons (Fsp3) is 0.900. The zero-order chi connectivity index (χ0) is 13.9. The first-order valence-electron chi connectivity index (χ1n) is 5.79. The van der Waals surface area contributed by atoms with Crippen molar-refractivity contribution in [2.24, 2.45) is 0 Å². The molecule has 8 heteroatoms. The van der Waals surface area contributed by atoms with E-state index in [0.29, 0.717) is 12.8 Å². The summed E-state index contributed by atoms with van der Waals surface area (Å²) in [5.41, 5.74) is -1.05. The zero-order valence-electron chi connectivity index (χ0n) is 10.3. The van der Waals surface area contributed by atoms with Crippen LogP contribution in [0.3, 0.4) is 0 Å². The Morgan fingerprint density at radius 3 is 2.11 bits per heavy atom. The Hall–Kier alpha value is -0.650. The minimum Gasteiger partial charge on any atom is -0.229 e. The van der Waals surface area contributed by atoms with Crippen molar-refractivity contribution in [2.45, 2.75) is 37.6 Å². The van der Waals surface area contributed by atoms with Gasteiger partial charge in [0.25, 0.3) is 0 Å². The smallest absolute Gasteiger partial charge is 0.213 e. The number of sulfone groups is 1. The Morgan fingerprint density at radius 2 is 1.67 bits per heavy atom. The lowest BCUT2D eigenvalue weighted by atomic mass is 9.84. The average molecular weight is 294 g/mol. The van der Waals surface area contributed by atoms with Crippen molar-refractivity contribution in [3.8, 4) is 6.07 Å². The third-order valence-electron chi connectivity index (χ3n) is 2.99. The summed E-state index contributed by atoms with van der Waals surface area (Å²) in [5, 5.41) is 9.14. The molecule has 0 radical (unpaired) electrons. The highest BCUT2D eigenvalue weighted by atomic mass is 32.2. The molecule has 6 nitrogen and oxygen atoms in total. The molecule has 0 saturated heterocycles. The SMILES string of the molecule is CS(=O)(=O)CCS(=O)(=O)NC1(C#N)CCCCC1. The quantitative estimate of drug-likeness (QED) is 0.778. The third kappa shape index (κ3) is 4.92. The molecule has 1 aliphatic rings. The van der Waals surface area contributed by atoms with Crippen molar-refractivity contribution in [3.63, 3.8) is 0 Å². The van der Waals surface area contributed by atoms with Gasteiger partial charge in [0, 0.05) is 6.26 Å². The molecule has 0 aromatic rings. The molecule has 0 bridgehead atoms. The molecular formula is C10H18N2O4S2. The molecule has 0 aromatic heterocycles. The standard InChI is InChI=1S/C10H18N2O4S2/c1-17(13,14)7-8-18(15,16)12-10(9-11)5-3-2-4-6-10/h12H,2-8H2,1H3. The molecule has 0 heterocycles. The lowest BCUT2D eigenvalue weighted by Gasteiger charge is -2.31. The van der Waals surface area contributed by atoms with Crippen LogP contribution in [0.25, 0.3) is 0 Å². The lowest BCUT2D eigenvalue weighted by molar-refractivity contribution is 0.338. The van der Waals surface area contributed by atoms with Gasteiger partial charge in [-0.3, -0.25) is 0 Å². The molecule has 0 spiro atoms. The normalized spacial score (nSPS) is 20.2. The highest BCUT2D eigenvalue weighted by molar-refractivity contribution is 7.93. The third-order valence-corrected chi connectivity index (χ3v) is 5.64. The predicted octanol–water partition coefficient (Wildman–Crippen LogP) is 0.177. The number of hydrogen-bond donors (Lipinski definition) is 1. The van der Waals surface area contributed by atoms with Gasteiger partial charge in [-0.1, -0.05) is 19.3 Å². The van der Waals surface area contributed by atoms with Crippen LogP contribution in [0.5, 0.6) is 0 Å². The maximum absolute atomic E-state index is 11.8. The highest BCUT2D eigenvalue weighted by Crippen LogP contribution is 2.28. The molecule has 1 N–H and O–H groups in total. The molecule has 1 aliphatic carbocycles. The summed E-state index contributed by atoms with van der Waals surface area (Å²) in [6, 6.07) is 2.03. The Kier molecular flexibility index (Phi) is 4.75. The Bertz CT molecular complexity index is 525. The molecule has 1 saturated carbocycles. The zero-order valence-corrected chi connectivity index (χ0v) is 12.0. The van der Waals surface area contributed by atoms with Crippen LogP contribution in [0.2, 0.25) is 0 Å². The molecular weight excluding hydrogens is 276 g/mol. The van der Waals surface area contributed by atoms with E-state index in [1.165, 1.54) is 0 Å². The van der Waals surface area contributed by atoms with Crippen molar-refractivity contribution >= 4 is 19.9 Å². The van der Waals surface area contributed by atoms with E-state index in [4.69, 9.17) is 5.26 Å². The summed E-state index contributed by atoms with van der Waals surface area (Å²) in [5.74, 6) is -0.918. The maximum Gasteiger partial charge on any atom is 0.213 e. The highest BCUT2D eigenvalue weighted by Gasteiger charge is 2.36. The Morgan fingerprint density at radius 1 is 1.11 bits per heavy atom. The number of hydrogen-bond acceptors (Lipinski definition) is 5. The van der Waals surface area contributed by atoms with Crippen LogP contribution in [-0.2, 0) is 19.9 Å². The van der Waals surface area contributed by atoms with E-state index in [9.17, 15) is 16.8 Å². The lowest BCUT2D eigenvalue weighted by Crippen LogP contribution is -2.49. The van der Waals surface area contributed by atoms with Gasteiger partial charge in [0.1, 0.15) is 15.4 Å². The summed E-state index contributed by atoms with van der Waals surface area (Å²) in [7, 11) is -7.06. The van der Waals surface area contributed by atoms with Gasteiger partial charge in [-0.05, 0) is 12.8 Å². The van der Waals surface area contributed by atoms with Crippen molar-refractivity contribution < 1.29 is 16.8 Å². The van der Waals surface area contributed by atoms with Crippen LogP contribution in [0, 0.1) is 11.3 Å². The van der Waals surface area contributed by atoms with Gasteiger partial charge in [-0.2, -0.15) is 9.98 Å². The average Bonchev–Trinajstić information content (AvgIpc) is 2.27. The Labute approximate surface area is 108 Å². The van der Waals surface area contributed by atoms with E-state index in [1.54, 1.807) is 0 Å². The van der Waals surface area contributed by atoms with Crippen molar-refractivity contribution in [3.05, 3.63) is 0 Å². The largest absolute Gasteiger partial charge is 0.229 e. The van der Waals surface area contributed by atoms with E-state index in [1.807, 2.05) is 6.07 Å². The van der Waals surface area contributed by atoms with E-state index >= 15 is 0 Å². The second kappa shape index (κ2) is 5.55. The van der Waals surface area contributed by atoms with Gasteiger partial charge in [0.2, 0.25) is 10.0 Å². The number of rotatable bonds is 5. The summed E-state index contributed by atoms with van der Waals surface area (Å²) >= 11 is 0. The molecule has 1 rings (SSSR count). The fourth-order valence-corrected chi connectivity index (χ4v) is 5.04. The van der Waals surface area contributed by atoms with Crippen molar-refractivity contribution in [1.29, 1.82) is 5.26 Å². The number of nitrogens with one attached hydrogen (secondary N) is 1. The van der Waals surface area contributed by atoms with Crippen molar-refractivity contribution in [2.75, 3.05) is 17.8 Å². The Balaban J connectivity index is 2.72. The first-order valence-corrected chi connectivity index (χ1v) is 9.50. The van der Waals surface area contributed by atoms with Crippen LogP contribution in [0.15, 0.2) is 0 Å². The van der Waals surface area contributed by atoms with Gasteiger partial charge in [-0.25, -0.2) is 16.8 Å². The number of nitriles is 1. The van der Waals surface area contributed by atoms with Crippen LogP contribution < -0.4 is 4.72 Å². The minimum atomic E-state index is -3.74. The second-order valence-electron chi connectivity index (χ2n) is 4.81. The van der Waals surface area contributed by atoms with Crippen molar-refractivity contribution in [1.82, 2.24) is 4.72 Å². The molecule has 0 aliphatic heterocycles. The van der Waals surface area contributed by atoms with E-state index in [2.05, 4.69) is 4.72 Å². The van der Waals surface area contributed by atoms with E-state index in [0.717, 1.165) is 25.5 Å². The topological polar surface area (TPSA) is 104 Å². The summed E-state index contributed by atoms with van der Waals surface area (Å²) < 4.78 is 47.9. The van der Waals surface area contributed by atoms with Gasteiger partial charge in [0.15, 0.2) is 0 Å². The molecule has 0 aromatic carbocycles. The van der Waals surface area contributed by atoms with Gasteiger partial charge < -0.3 is 0 Å². The summed E-state index contributed by atoms with van der Waals surface area (Å²) in [4.78, 5) is 0. The molecule has 0 unspecified atom stereocenters. The van der Waals surface area contributed by atoms with Crippen LogP contribution in [-0.4, -0.2) is 40.1 Å². The van der Waals surface area contributed by atoms with E-state index in [-0.39, 0.29) is 0 Å². The molecule has 104 valence electrons. The summed E-state index contributed by atoms with van der Waals surface area (Å²) in [6.45, 7) is 0. The molecule has 0 atom stereocenters. The first kappa shape index (κ1) is 15.4. The summed E-state index contributed by atoms with van der Waals surface area (Å²) in [6.07, 6.45) is 4.57. The minimum absolute atomic E-state index is 0.427. The molecule has 1 fully saturated rings. The molecule has 18 heavy (non-hydrogen) atoms. The number of nitrogens with zero attached hydrogens (tertiary/aromatic N) is 1. The maximum atomic E-state index is 11.8. The van der Waals surface area contributed by atoms with Crippen LogP contribution >= 0.6 is 0 Å². The van der Waals surface area contributed by atoms with Gasteiger partial charge >= 0.3 is 0 Å². The number of sulfonamides is 1. The monoisotopic (exact) mass is 294 g/mol. The van der Waals surface area contributed by atoms with E-state index < -0.39 is 36.9 Å². The van der Waals surface area contributed by atoms with Crippen LogP contribution in [0.1, 0.15) is 32.1 Å². The molecule has 0 amide bonds. The predicted molar refractivity (Wildman–Crippen MR) is 68.1 cm³/mol. The second-order valence-corrected chi connectivity index (χ2v) is 8.91. The van der Waals surface area contributed by atoms with Gasteiger partial charge in [-0.15, -0.1) is 0 Å². The van der Waals surface area contributed by atoms with Gasteiger partial charge in [0.05, 0.1) is 17.6 Å². The fourth-order valence-electron chi connectivity index (χ4n) is 2.00.